The fourth-order valence-electron chi connectivity index (χ4n) is 4.27. The van der Waals surface area contributed by atoms with Crippen LogP contribution >= 0.6 is 0 Å². The molecule has 1 aliphatic heterocycles. The van der Waals surface area contributed by atoms with E-state index in [9.17, 15) is 19.2 Å². The lowest BCUT2D eigenvalue weighted by Gasteiger charge is -2.17. The zero-order valence-corrected chi connectivity index (χ0v) is 19.0. The minimum atomic E-state index is -0.647. The molecule has 1 N–H and O–H groups in total. The molecule has 34 heavy (non-hydrogen) atoms. The number of amides is 2. The summed E-state index contributed by atoms with van der Waals surface area (Å²) in [5, 5.41) is 3.22. The lowest BCUT2D eigenvalue weighted by molar-refractivity contribution is -0.121. The average Bonchev–Trinajstić information content (AvgIpc) is 3.16. The molecule has 0 spiro atoms. The van der Waals surface area contributed by atoms with Gasteiger partial charge in [0.1, 0.15) is 0 Å². The van der Waals surface area contributed by atoms with Crippen LogP contribution in [0.25, 0.3) is 0 Å². The molecule has 1 unspecified atom stereocenters. The van der Waals surface area contributed by atoms with Gasteiger partial charge in [-0.25, -0.2) is 9.69 Å². The van der Waals surface area contributed by atoms with Crippen LogP contribution in [-0.2, 0) is 14.3 Å². The Morgan fingerprint density at radius 2 is 1.74 bits per heavy atom. The minimum absolute atomic E-state index is 0.114. The van der Waals surface area contributed by atoms with Crippen molar-refractivity contribution < 1.29 is 23.9 Å². The van der Waals surface area contributed by atoms with Gasteiger partial charge in [-0.3, -0.25) is 14.4 Å². The Morgan fingerprint density at radius 3 is 2.44 bits per heavy atom. The van der Waals surface area contributed by atoms with E-state index in [-0.39, 0.29) is 36.2 Å². The molecule has 4 rings (SSSR count). The van der Waals surface area contributed by atoms with E-state index in [0.717, 1.165) is 24.2 Å². The maximum atomic E-state index is 12.8. The Bertz CT molecular complexity index is 1090. The van der Waals surface area contributed by atoms with Crippen molar-refractivity contribution in [2.24, 2.45) is 0 Å². The number of nitrogens with one attached hydrogen (secondary N) is 1. The first-order valence-corrected chi connectivity index (χ1v) is 11.7. The average molecular weight is 461 g/mol. The van der Waals surface area contributed by atoms with Crippen molar-refractivity contribution in [2.75, 3.05) is 18.1 Å². The van der Waals surface area contributed by atoms with Crippen molar-refractivity contribution in [1.82, 2.24) is 5.32 Å². The standard InChI is InChI=1S/C27H28N2O5/c30-24(20-9-5-2-6-10-20)18-34-27(33)21-11-13-22(14-12-21)29-25(31)17-23(26(29)32)28-16-15-19-7-3-1-4-8-19/h2,5-7,9-14,23,28H,1,3-4,8,15-18H2. The van der Waals surface area contributed by atoms with Crippen molar-refractivity contribution in [2.45, 2.75) is 44.6 Å². The normalized spacial score (nSPS) is 18.1. The second-order valence-electron chi connectivity index (χ2n) is 8.55. The highest BCUT2D eigenvalue weighted by Gasteiger charge is 2.39. The lowest BCUT2D eigenvalue weighted by Crippen LogP contribution is -2.39. The molecule has 2 aromatic carbocycles. The van der Waals surface area contributed by atoms with Gasteiger partial charge < -0.3 is 10.1 Å². The van der Waals surface area contributed by atoms with Crippen molar-refractivity contribution in [3.05, 3.63) is 77.4 Å². The molecule has 0 radical (unpaired) electrons. The predicted octanol–water partition coefficient (Wildman–Crippen LogP) is 3.84. The van der Waals surface area contributed by atoms with Crippen LogP contribution in [0.4, 0.5) is 5.69 Å². The first kappa shape index (κ1) is 23.6. The second kappa shape index (κ2) is 11.0. The van der Waals surface area contributed by atoms with Gasteiger partial charge in [0.25, 0.3) is 5.91 Å². The Kier molecular flexibility index (Phi) is 7.65. The Labute approximate surface area is 198 Å². The number of anilines is 1. The quantitative estimate of drug-likeness (QED) is 0.265. The van der Waals surface area contributed by atoms with Crippen LogP contribution in [0.2, 0.25) is 0 Å². The van der Waals surface area contributed by atoms with Crippen LogP contribution in [-0.4, -0.2) is 42.8 Å². The van der Waals surface area contributed by atoms with E-state index < -0.39 is 12.0 Å². The number of rotatable bonds is 9. The van der Waals surface area contributed by atoms with Crippen molar-refractivity contribution in [1.29, 1.82) is 0 Å². The Hall–Kier alpha value is -3.58. The number of ketones is 1. The summed E-state index contributed by atoms with van der Waals surface area (Å²) in [5.74, 6) is -1.50. The number of imide groups is 1. The number of hydrogen-bond acceptors (Lipinski definition) is 6. The van der Waals surface area contributed by atoms with Crippen LogP contribution in [0.3, 0.4) is 0 Å². The molecule has 0 bridgehead atoms. The van der Waals surface area contributed by atoms with Gasteiger partial charge in [0.05, 0.1) is 23.7 Å². The highest BCUT2D eigenvalue weighted by atomic mass is 16.5. The van der Waals surface area contributed by atoms with Gasteiger partial charge in [0.2, 0.25) is 5.91 Å². The molecule has 2 aliphatic rings. The minimum Gasteiger partial charge on any atom is -0.454 e. The van der Waals surface area contributed by atoms with Crippen molar-refractivity contribution in [3.63, 3.8) is 0 Å². The number of hydrogen-bond donors (Lipinski definition) is 1. The zero-order valence-electron chi connectivity index (χ0n) is 19.0. The topological polar surface area (TPSA) is 92.8 Å². The summed E-state index contributed by atoms with van der Waals surface area (Å²) in [4.78, 5) is 50.9. The molecule has 1 heterocycles. The Balaban J connectivity index is 1.30. The SMILES string of the molecule is O=C(COC(=O)c1ccc(N2C(=O)CC(NCCC3=CCCCC3)C2=O)cc1)c1ccccc1. The molecule has 0 saturated carbocycles. The molecule has 1 fully saturated rings. The summed E-state index contributed by atoms with van der Waals surface area (Å²) in [6.45, 7) is 0.299. The molecule has 1 saturated heterocycles. The predicted molar refractivity (Wildman–Crippen MR) is 128 cm³/mol. The number of allylic oxidation sites excluding steroid dienone is 1. The molecule has 0 aromatic heterocycles. The van der Waals surface area contributed by atoms with Crippen LogP contribution in [0.5, 0.6) is 0 Å². The Morgan fingerprint density at radius 1 is 0.971 bits per heavy atom. The summed E-state index contributed by atoms with van der Waals surface area (Å²) in [7, 11) is 0. The third-order valence-electron chi connectivity index (χ3n) is 6.16. The monoisotopic (exact) mass is 460 g/mol. The maximum Gasteiger partial charge on any atom is 0.338 e. The van der Waals surface area contributed by atoms with Gasteiger partial charge in [0, 0.05) is 5.56 Å². The first-order valence-electron chi connectivity index (χ1n) is 11.7. The zero-order chi connectivity index (χ0) is 23.9. The van der Waals surface area contributed by atoms with Gasteiger partial charge in [0.15, 0.2) is 12.4 Å². The molecule has 1 atom stereocenters. The van der Waals surface area contributed by atoms with Gasteiger partial charge in [-0.15, -0.1) is 0 Å². The smallest absolute Gasteiger partial charge is 0.338 e. The third-order valence-corrected chi connectivity index (χ3v) is 6.16. The second-order valence-corrected chi connectivity index (χ2v) is 8.55. The van der Waals surface area contributed by atoms with Gasteiger partial charge in [-0.2, -0.15) is 0 Å². The molecule has 1 aliphatic carbocycles. The van der Waals surface area contributed by atoms with Crippen molar-refractivity contribution >= 4 is 29.3 Å². The number of esters is 1. The van der Waals surface area contributed by atoms with Crippen LogP contribution in [0.15, 0.2) is 66.2 Å². The van der Waals surface area contributed by atoms with E-state index in [1.165, 1.54) is 30.5 Å². The van der Waals surface area contributed by atoms with E-state index in [1.807, 2.05) is 0 Å². The molecular formula is C27H28N2O5. The molecule has 2 aromatic rings. The van der Waals surface area contributed by atoms with Gasteiger partial charge >= 0.3 is 5.97 Å². The molecular weight excluding hydrogens is 432 g/mol. The number of benzene rings is 2. The van der Waals surface area contributed by atoms with Gasteiger partial charge in [-0.1, -0.05) is 42.0 Å². The van der Waals surface area contributed by atoms with Crippen LogP contribution in [0.1, 0.15) is 59.2 Å². The fourth-order valence-corrected chi connectivity index (χ4v) is 4.27. The number of carbonyl (C=O) groups is 4. The molecule has 2 amide bonds. The van der Waals surface area contributed by atoms with Gasteiger partial charge in [-0.05, 0) is 62.9 Å². The molecule has 176 valence electrons. The summed E-state index contributed by atoms with van der Waals surface area (Å²) in [6.07, 6.45) is 7.97. The van der Waals surface area contributed by atoms with Crippen molar-refractivity contribution in [3.8, 4) is 0 Å². The summed E-state index contributed by atoms with van der Waals surface area (Å²) in [5.41, 5.74) is 2.53. The van der Waals surface area contributed by atoms with E-state index in [4.69, 9.17) is 4.74 Å². The maximum absolute atomic E-state index is 12.8. The summed E-state index contributed by atoms with van der Waals surface area (Å²) < 4.78 is 5.11. The number of ether oxygens (including phenoxy) is 1. The van der Waals surface area contributed by atoms with E-state index in [2.05, 4.69) is 11.4 Å². The molecule has 7 heteroatoms. The first-order chi connectivity index (χ1) is 16.5. The van der Waals surface area contributed by atoms with Crippen LogP contribution in [0, 0.1) is 0 Å². The largest absolute Gasteiger partial charge is 0.454 e. The number of carbonyl (C=O) groups excluding carboxylic acids is 4. The lowest BCUT2D eigenvalue weighted by atomic mass is 9.97. The summed E-state index contributed by atoms with van der Waals surface area (Å²) in [6, 6.07) is 14.1. The van der Waals surface area contributed by atoms with E-state index in [1.54, 1.807) is 42.5 Å². The molecule has 7 nitrogen and oxygen atoms in total. The number of nitrogens with zero attached hydrogens (tertiary/aromatic N) is 1. The van der Waals surface area contributed by atoms with E-state index >= 15 is 0 Å². The third kappa shape index (κ3) is 5.66. The highest BCUT2D eigenvalue weighted by Crippen LogP contribution is 2.24. The number of Topliss-reactive ketones (excluding diaryl/α,β-unsaturated/α-hetero) is 1. The summed E-state index contributed by atoms with van der Waals surface area (Å²) >= 11 is 0. The van der Waals surface area contributed by atoms with E-state index in [0.29, 0.717) is 17.8 Å². The highest BCUT2D eigenvalue weighted by molar-refractivity contribution is 6.22. The van der Waals surface area contributed by atoms with Crippen LogP contribution < -0.4 is 10.2 Å². The fraction of sp³-hybridized carbons (Fsp3) is 0.333.